The van der Waals surface area contributed by atoms with Gasteiger partial charge in [-0.15, -0.1) is 11.3 Å². The van der Waals surface area contributed by atoms with Crippen LogP contribution in [0.4, 0.5) is 10.8 Å². The first-order valence-electron chi connectivity index (χ1n) is 15.2. The smallest absolute Gasteiger partial charge is 0.190 e. The highest BCUT2D eigenvalue weighted by molar-refractivity contribution is 7.14. The van der Waals surface area contributed by atoms with Crippen molar-refractivity contribution in [3.05, 3.63) is 148 Å². The molecule has 1 aromatic heterocycles. The summed E-state index contributed by atoms with van der Waals surface area (Å²) in [6, 6.07) is 33.1. The highest BCUT2D eigenvalue weighted by atomic mass is 32.1. The number of fused-ring (bicyclic) bond motifs is 3. The molecule has 0 amide bonds. The molecule has 2 N–H and O–H groups in total. The van der Waals surface area contributed by atoms with Crippen molar-refractivity contribution in [2.45, 2.75) is 39.2 Å². The minimum atomic E-state index is 0.188. The van der Waals surface area contributed by atoms with Gasteiger partial charge in [0.2, 0.25) is 0 Å². The van der Waals surface area contributed by atoms with Gasteiger partial charge in [-0.3, -0.25) is 0 Å². The molecular formula is C39H35N3OS. The number of aryl methyl sites for hydroxylation is 1. The molecule has 218 valence electrons. The van der Waals surface area contributed by atoms with Crippen molar-refractivity contribution in [1.29, 1.82) is 0 Å². The van der Waals surface area contributed by atoms with Crippen molar-refractivity contribution in [2.24, 2.45) is 0 Å². The number of anilines is 2. The molecule has 0 aliphatic heterocycles. The lowest BCUT2D eigenvalue weighted by Crippen LogP contribution is -2.17. The zero-order valence-electron chi connectivity index (χ0n) is 24.9. The third-order valence-electron chi connectivity index (χ3n) is 8.46. The molecule has 5 heteroatoms. The first kappa shape index (κ1) is 28.0. The van der Waals surface area contributed by atoms with Gasteiger partial charge in [0.25, 0.3) is 0 Å². The molecule has 4 nitrogen and oxygen atoms in total. The van der Waals surface area contributed by atoms with Gasteiger partial charge >= 0.3 is 0 Å². The van der Waals surface area contributed by atoms with E-state index >= 15 is 0 Å². The van der Waals surface area contributed by atoms with Gasteiger partial charge in [-0.05, 0) is 77.3 Å². The van der Waals surface area contributed by atoms with E-state index in [4.69, 9.17) is 4.98 Å². The minimum absolute atomic E-state index is 0.188. The van der Waals surface area contributed by atoms with E-state index in [0.29, 0.717) is 13.0 Å². The van der Waals surface area contributed by atoms with Crippen molar-refractivity contribution < 1.29 is 5.11 Å². The van der Waals surface area contributed by atoms with Crippen LogP contribution in [0.15, 0.2) is 120 Å². The number of nitrogens with one attached hydrogen (secondary N) is 1. The standard InChI is InChI=1S/C39H35N3OS/c1-3-34(43)20-21-40-38(29-13-14-29)30-15-17-33(18-16-30)42(39-41-37(25-44-39)28-11-8-26(2)9-12-28)24-27-10-19-36-32(22-27)23-31-6-4-5-7-35(31)36/h4-12,15-19,22,25,40,43H,1,13-14,20-21,23-24H2,2H3. The van der Waals surface area contributed by atoms with E-state index < -0.39 is 0 Å². The predicted molar refractivity (Wildman–Crippen MR) is 183 cm³/mol. The molecule has 1 heterocycles. The Morgan fingerprint density at radius 3 is 2.50 bits per heavy atom. The average Bonchev–Trinajstić information content (AvgIpc) is 3.65. The van der Waals surface area contributed by atoms with Crippen LogP contribution in [0.2, 0.25) is 0 Å². The summed E-state index contributed by atoms with van der Waals surface area (Å²) < 4.78 is 0. The van der Waals surface area contributed by atoms with Crippen LogP contribution in [0.25, 0.3) is 28.1 Å². The number of aliphatic hydroxyl groups is 1. The number of nitrogens with zero attached hydrogens (tertiary/aromatic N) is 2. The molecule has 0 atom stereocenters. The molecule has 0 saturated heterocycles. The van der Waals surface area contributed by atoms with Gasteiger partial charge in [0, 0.05) is 35.3 Å². The normalized spacial score (nSPS) is 12.7. The second-order valence-corrected chi connectivity index (χ2v) is 12.5. The monoisotopic (exact) mass is 593 g/mol. The SMILES string of the molecule is C=C=C(O)CCNC(=C1CC1)c1ccc(N(Cc2ccc3c(c2)Cc2ccccc2-3)c2nc(-c3ccc(C)cc3)cs2)cc1. The second-order valence-electron chi connectivity index (χ2n) is 11.6. The third-order valence-corrected chi connectivity index (χ3v) is 9.32. The number of hydrogen-bond donors (Lipinski definition) is 2. The number of thiazole rings is 1. The molecule has 2 aliphatic rings. The number of allylic oxidation sites excluding steroid dienone is 1. The van der Waals surface area contributed by atoms with E-state index in [9.17, 15) is 5.11 Å². The number of hydrogen-bond acceptors (Lipinski definition) is 5. The van der Waals surface area contributed by atoms with Gasteiger partial charge in [0.15, 0.2) is 5.13 Å². The van der Waals surface area contributed by atoms with Crippen LogP contribution in [0.1, 0.15) is 47.1 Å². The maximum atomic E-state index is 9.78. The summed E-state index contributed by atoms with van der Waals surface area (Å²) in [5.74, 6) is 0.188. The van der Waals surface area contributed by atoms with E-state index in [-0.39, 0.29) is 5.76 Å². The molecule has 5 aromatic rings. The Hall–Kier alpha value is -4.83. The summed E-state index contributed by atoms with van der Waals surface area (Å²) in [4.78, 5) is 7.47. The van der Waals surface area contributed by atoms with Crippen LogP contribution in [-0.2, 0) is 13.0 Å². The van der Waals surface area contributed by atoms with Gasteiger partial charge in [-0.1, -0.05) is 96.7 Å². The van der Waals surface area contributed by atoms with Crippen molar-refractivity contribution in [2.75, 3.05) is 11.4 Å². The summed E-state index contributed by atoms with van der Waals surface area (Å²) in [6.07, 6.45) is 3.71. The van der Waals surface area contributed by atoms with Crippen LogP contribution in [0.3, 0.4) is 0 Å². The summed E-state index contributed by atoms with van der Waals surface area (Å²) in [7, 11) is 0. The van der Waals surface area contributed by atoms with Gasteiger partial charge in [-0.25, -0.2) is 4.98 Å². The fraction of sp³-hybridized carbons (Fsp3) is 0.179. The Morgan fingerprint density at radius 2 is 1.73 bits per heavy atom. The predicted octanol–water partition coefficient (Wildman–Crippen LogP) is 9.74. The first-order chi connectivity index (χ1) is 21.6. The van der Waals surface area contributed by atoms with Crippen LogP contribution in [0, 0.1) is 6.92 Å². The maximum absolute atomic E-state index is 9.78. The van der Waals surface area contributed by atoms with Crippen molar-refractivity contribution >= 4 is 27.9 Å². The van der Waals surface area contributed by atoms with Gasteiger partial charge in [0.1, 0.15) is 5.76 Å². The van der Waals surface area contributed by atoms with E-state index in [1.54, 1.807) is 11.3 Å². The molecule has 1 saturated carbocycles. The highest BCUT2D eigenvalue weighted by Gasteiger charge is 2.22. The highest BCUT2D eigenvalue weighted by Crippen LogP contribution is 2.40. The summed E-state index contributed by atoms with van der Waals surface area (Å²) >= 11 is 1.68. The quantitative estimate of drug-likeness (QED) is 0.123. The minimum Gasteiger partial charge on any atom is -0.505 e. The number of aromatic nitrogens is 1. The topological polar surface area (TPSA) is 48.4 Å². The zero-order chi connectivity index (χ0) is 30.0. The molecule has 4 aromatic carbocycles. The summed E-state index contributed by atoms with van der Waals surface area (Å²) in [5, 5.41) is 16.5. The second kappa shape index (κ2) is 12.0. The van der Waals surface area contributed by atoms with E-state index in [1.807, 2.05) is 0 Å². The molecule has 44 heavy (non-hydrogen) atoms. The Balaban J connectivity index is 1.19. The zero-order valence-corrected chi connectivity index (χ0v) is 25.8. The fourth-order valence-electron chi connectivity index (χ4n) is 5.94. The van der Waals surface area contributed by atoms with Crippen LogP contribution in [0.5, 0.6) is 0 Å². The van der Waals surface area contributed by atoms with E-state index in [0.717, 1.165) is 53.4 Å². The van der Waals surface area contributed by atoms with Crippen molar-refractivity contribution in [3.63, 3.8) is 0 Å². The molecule has 0 radical (unpaired) electrons. The molecule has 0 unspecified atom stereocenters. The third kappa shape index (κ3) is 5.85. The molecule has 2 aliphatic carbocycles. The van der Waals surface area contributed by atoms with Crippen molar-refractivity contribution in [3.8, 4) is 22.4 Å². The van der Waals surface area contributed by atoms with Gasteiger partial charge in [0.05, 0.1) is 12.2 Å². The Bertz CT molecular complexity index is 1900. The Kier molecular flexibility index (Phi) is 7.66. The largest absolute Gasteiger partial charge is 0.505 e. The van der Waals surface area contributed by atoms with Gasteiger partial charge < -0.3 is 15.3 Å². The Labute approximate surface area is 263 Å². The molecule has 1 fully saturated rings. The van der Waals surface area contributed by atoms with Crippen molar-refractivity contribution in [1.82, 2.24) is 10.3 Å². The van der Waals surface area contributed by atoms with Crippen LogP contribution < -0.4 is 10.2 Å². The number of rotatable bonds is 10. The maximum Gasteiger partial charge on any atom is 0.190 e. The fourth-order valence-corrected chi connectivity index (χ4v) is 6.79. The molecule has 0 spiro atoms. The lowest BCUT2D eigenvalue weighted by Gasteiger charge is -2.23. The summed E-state index contributed by atoms with van der Waals surface area (Å²) in [6.45, 7) is 7.01. The summed E-state index contributed by atoms with van der Waals surface area (Å²) in [5.41, 5.74) is 17.6. The van der Waals surface area contributed by atoms with Crippen LogP contribution in [-0.4, -0.2) is 16.6 Å². The molecule has 0 bridgehead atoms. The van der Waals surface area contributed by atoms with Crippen LogP contribution >= 0.6 is 11.3 Å². The average molecular weight is 594 g/mol. The number of benzene rings is 4. The first-order valence-corrected chi connectivity index (χ1v) is 16.1. The molecule has 7 rings (SSSR count). The molecular weight excluding hydrogens is 559 g/mol. The van der Waals surface area contributed by atoms with E-state index in [1.165, 1.54) is 44.7 Å². The number of aliphatic hydroxyl groups excluding tert-OH is 1. The van der Waals surface area contributed by atoms with Gasteiger partial charge in [-0.2, -0.15) is 0 Å². The Morgan fingerprint density at radius 1 is 0.955 bits per heavy atom. The van der Waals surface area contributed by atoms with E-state index in [2.05, 4.69) is 126 Å². The lowest BCUT2D eigenvalue weighted by molar-refractivity contribution is 0.389. The lowest BCUT2D eigenvalue weighted by atomic mass is 10.0.